The Morgan fingerprint density at radius 3 is 0.899 bits per heavy atom. The van der Waals surface area contributed by atoms with Gasteiger partial charge in [0, 0.05) is 47.2 Å². The first-order chi connectivity index (χ1) is 68.5. The summed E-state index contributed by atoms with van der Waals surface area (Å²) in [5.41, 5.74) is 16.7. The van der Waals surface area contributed by atoms with Gasteiger partial charge in [-0.3, -0.25) is 0 Å². The van der Waals surface area contributed by atoms with E-state index in [0.717, 1.165) is 203 Å². The van der Waals surface area contributed by atoms with E-state index in [9.17, 15) is 0 Å². The Kier molecular flexibility index (Phi) is 32.9. The van der Waals surface area contributed by atoms with Crippen LogP contribution in [0.3, 0.4) is 0 Å². The molecule has 28 nitrogen and oxygen atoms in total. The number of unbranched alkanes of at least 4 members (excludes halogenated alkanes) is 1. The van der Waals surface area contributed by atoms with Crippen LogP contribution in [0.15, 0.2) is 340 Å². The lowest BCUT2D eigenvalue weighted by molar-refractivity contribution is 0.293. The zero-order chi connectivity index (χ0) is 94.6. The number of benzene rings is 12. The van der Waals surface area contributed by atoms with E-state index in [0.29, 0.717) is 76.9 Å². The van der Waals surface area contributed by atoms with Crippen molar-refractivity contribution in [2.24, 2.45) is 0 Å². The quantitative estimate of drug-likeness (QED) is 0.0259. The Morgan fingerprint density at radius 2 is 0.525 bits per heavy atom. The lowest BCUT2D eigenvalue weighted by Gasteiger charge is -2.13. The molecule has 3 unspecified atom stereocenters. The molecule has 20 aromatic rings. The highest BCUT2D eigenvalue weighted by Crippen LogP contribution is 2.31. The molecule has 0 aliphatic rings. The van der Waals surface area contributed by atoms with Crippen LogP contribution < -0.4 is 37.9 Å². The maximum absolute atomic E-state index is 6.07. The summed E-state index contributed by atoms with van der Waals surface area (Å²) >= 11 is 0. The maximum atomic E-state index is 6.07. The molecule has 8 aromatic heterocycles. The second kappa shape index (κ2) is 48.8. The summed E-state index contributed by atoms with van der Waals surface area (Å²) in [5.74, 6) is 10.6. The van der Waals surface area contributed by atoms with Crippen molar-refractivity contribution in [3.05, 3.63) is 430 Å². The van der Waals surface area contributed by atoms with E-state index in [4.69, 9.17) is 37.9 Å². The van der Waals surface area contributed by atoms with Crippen LogP contribution in [0.4, 0.5) is 0 Å². The molecule has 0 bridgehead atoms. The summed E-state index contributed by atoms with van der Waals surface area (Å²) < 4.78 is 47.9. The number of aromatic nitrogens is 20. The zero-order valence-corrected chi connectivity index (χ0v) is 77.5. The molecule has 3 atom stereocenters. The van der Waals surface area contributed by atoms with Gasteiger partial charge in [0.15, 0.2) is 23.3 Å². The smallest absolute Gasteiger partial charge is 0.175 e. The monoisotopic (exact) mass is 1850 g/mol. The fourth-order valence-electron chi connectivity index (χ4n) is 15.5. The molecule has 28 heteroatoms. The molecule has 0 fully saturated rings. The third-order valence-electron chi connectivity index (χ3n) is 23.4. The normalized spacial score (nSPS) is 11.7. The number of rotatable bonds is 40. The number of pyridine rings is 4. The van der Waals surface area contributed by atoms with E-state index in [2.05, 4.69) is 220 Å². The number of ether oxygens (including phenoxy) is 8. The number of nitrogens with one attached hydrogen (secondary N) is 4. The van der Waals surface area contributed by atoms with Crippen molar-refractivity contribution in [2.75, 3.05) is 0 Å². The molecule has 0 amide bonds. The van der Waals surface area contributed by atoms with Gasteiger partial charge in [-0.15, -0.1) is 40.8 Å². The molecule has 0 radical (unpaired) electrons. The van der Waals surface area contributed by atoms with Crippen LogP contribution in [-0.4, -0.2) is 102 Å². The van der Waals surface area contributed by atoms with E-state index in [-0.39, 0.29) is 5.92 Å². The second-order valence-electron chi connectivity index (χ2n) is 33.7. The lowest BCUT2D eigenvalue weighted by Crippen LogP contribution is -2.02. The van der Waals surface area contributed by atoms with Crippen molar-refractivity contribution in [1.29, 1.82) is 0 Å². The van der Waals surface area contributed by atoms with Crippen LogP contribution in [0.25, 0.3) is 43.6 Å². The minimum Gasteiger partial charge on any atom is -0.489 e. The Bertz CT molecular complexity index is 7160. The SMILES string of the molecule is CC(CCc1nn[nH]n1)c1ccc(OCc2ccc(OCc3ccc4ccccc4n3)cc2)cc1.CC(CCc1nn[nH]n1)c1ccc(OCc2cccc(OCc3ccc4ccccc4n3)c2)cc1.CC(Cc1nn[nH]n1)c1cccc(OCc2cccc(OCc3ccc4ccccc4n3)c2)c1.c1cc(COc2ccc(CCCCc3nn[nH]n3)cc2)cc(OCc2ccc3ccccc3n2)c1. The minimum atomic E-state index is 0.251. The van der Waals surface area contributed by atoms with Crippen LogP contribution in [0.5, 0.6) is 46.0 Å². The van der Waals surface area contributed by atoms with E-state index in [1.807, 2.05) is 243 Å². The van der Waals surface area contributed by atoms with Gasteiger partial charge >= 0.3 is 0 Å². The predicted molar refractivity (Wildman–Crippen MR) is 532 cm³/mol. The standard InChI is InChI=1S/3C28H27N5O2.C27H25N5O2/c1-20(9-16-28-30-32-33-31-28)22-11-14-25(15-12-22)34-18-21-5-4-7-26(17-21)35-19-24-13-10-23-6-2-3-8-27(23)29-24;1-20(6-17-28-30-32-33-31-28)22-10-15-26(16-11-22)34-18-21-7-13-25(14-8-21)35-19-24-12-9-23-4-2-3-5-27(23)29-24;1(4-11-28-30-32-33-31-28)6-21-12-16-25(17-13-21)34-19-22-7-5-9-26(18-22)35-20-24-15-14-23-8-2-3-10-27(23)29-24;1-19(14-27-29-31-32-30-27)22-8-5-10-25(16-22)33-17-20-6-4-9-24(15-20)34-18-23-13-12-21-7-2-3-11-26(21)28-23/h2-8,10-15,17,20H,9,16,18-19H2,1H3,(H,30,31,32,33);2-5,7-16,20H,6,17-19H2,1H3,(H,30,31,32,33);2-3,5,7-10,12-18H,1,4,6,11,19-20H2,(H,30,31,32,33);2-13,15-16,19H,14,17-18H2,1H3,(H,29,30,31,32). The van der Waals surface area contributed by atoms with E-state index >= 15 is 0 Å². The van der Waals surface area contributed by atoms with Crippen LogP contribution in [-0.2, 0) is 85.0 Å². The molecule has 8 heterocycles. The van der Waals surface area contributed by atoms with Gasteiger partial charge in [0.25, 0.3) is 0 Å². The molecule has 0 spiro atoms. The topological polar surface area (TPSA) is 343 Å². The number of hydrogen-bond donors (Lipinski definition) is 4. The number of aryl methyl sites for hydroxylation is 4. The van der Waals surface area contributed by atoms with Gasteiger partial charge in [-0.05, 0) is 240 Å². The first-order valence-corrected chi connectivity index (χ1v) is 46.6. The van der Waals surface area contributed by atoms with Crippen LogP contribution in [0.2, 0.25) is 0 Å². The molecular formula is C111H106N20O8. The van der Waals surface area contributed by atoms with Gasteiger partial charge in [-0.25, -0.2) is 19.9 Å². The fourth-order valence-corrected chi connectivity index (χ4v) is 15.5. The molecule has 0 saturated carbocycles. The number of hydrogen-bond acceptors (Lipinski definition) is 24. The lowest BCUT2D eigenvalue weighted by atomic mass is 9.96. The first kappa shape index (κ1) is 93.8. The number of tetrazole rings is 4. The molecule has 4 N–H and O–H groups in total. The highest BCUT2D eigenvalue weighted by atomic mass is 16.5. The number of nitrogens with zero attached hydrogens (tertiary/aromatic N) is 16. The Labute approximate surface area is 804 Å². The Hall–Kier alpha value is -17.0. The number of aromatic amines is 4. The van der Waals surface area contributed by atoms with E-state index in [1.54, 1.807) is 0 Å². The average Bonchev–Trinajstić information content (AvgIpc) is 1.80. The Morgan fingerprint density at radius 1 is 0.223 bits per heavy atom. The van der Waals surface area contributed by atoms with Gasteiger partial charge in [0.2, 0.25) is 0 Å². The van der Waals surface area contributed by atoms with Crippen LogP contribution >= 0.6 is 0 Å². The molecule has 0 saturated heterocycles. The van der Waals surface area contributed by atoms with Crippen LogP contribution in [0.1, 0.15) is 155 Å². The minimum absolute atomic E-state index is 0.251. The third kappa shape index (κ3) is 28.8. The highest BCUT2D eigenvalue weighted by molar-refractivity contribution is 5.80. The summed E-state index contributed by atoms with van der Waals surface area (Å²) in [5, 5.41) is 61.0. The van der Waals surface area contributed by atoms with Crippen molar-refractivity contribution in [1.82, 2.24) is 102 Å². The largest absolute Gasteiger partial charge is 0.489 e. The third-order valence-corrected chi connectivity index (χ3v) is 23.4. The van der Waals surface area contributed by atoms with Gasteiger partial charge in [0.05, 0.1) is 44.8 Å². The fraction of sp³-hybridized carbons (Fsp3) is 0.207. The molecule has 0 aliphatic heterocycles. The maximum Gasteiger partial charge on any atom is 0.175 e. The van der Waals surface area contributed by atoms with Crippen molar-refractivity contribution in [2.45, 2.75) is 149 Å². The summed E-state index contributed by atoms with van der Waals surface area (Å²) in [6, 6.07) is 114. The van der Waals surface area contributed by atoms with Crippen molar-refractivity contribution < 1.29 is 37.9 Å². The summed E-state index contributed by atoms with van der Waals surface area (Å²) in [7, 11) is 0. The van der Waals surface area contributed by atoms with E-state index in [1.165, 1.54) is 22.3 Å². The van der Waals surface area contributed by atoms with Gasteiger partial charge < -0.3 is 37.9 Å². The molecule has 698 valence electrons. The molecule has 0 aliphatic carbocycles. The second-order valence-corrected chi connectivity index (χ2v) is 33.7. The van der Waals surface area contributed by atoms with E-state index < -0.39 is 0 Å². The predicted octanol–water partition coefficient (Wildman–Crippen LogP) is 22.0. The summed E-state index contributed by atoms with van der Waals surface area (Å²) in [6.07, 6.45) is 8.21. The van der Waals surface area contributed by atoms with Gasteiger partial charge in [-0.1, -0.05) is 236 Å². The van der Waals surface area contributed by atoms with Gasteiger partial charge in [-0.2, -0.15) is 20.9 Å². The van der Waals surface area contributed by atoms with Crippen molar-refractivity contribution in [3.63, 3.8) is 0 Å². The van der Waals surface area contributed by atoms with Crippen molar-refractivity contribution >= 4 is 43.6 Å². The summed E-state index contributed by atoms with van der Waals surface area (Å²) in [6.45, 7) is 10.1. The molecule has 20 rings (SSSR count). The highest BCUT2D eigenvalue weighted by Gasteiger charge is 2.16. The molecular weight excluding hydrogens is 1740 g/mol. The Balaban J connectivity index is 0.000000128. The number of para-hydroxylation sites is 4. The average molecular weight is 1850 g/mol. The van der Waals surface area contributed by atoms with Gasteiger partial charge in [0.1, 0.15) is 98.9 Å². The zero-order valence-electron chi connectivity index (χ0n) is 77.5. The molecule has 139 heavy (non-hydrogen) atoms. The number of H-pyrrole nitrogens is 4. The summed E-state index contributed by atoms with van der Waals surface area (Å²) in [4.78, 5) is 18.7. The first-order valence-electron chi connectivity index (χ1n) is 46.6. The van der Waals surface area contributed by atoms with Crippen molar-refractivity contribution in [3.8, 4) is 46.0 Å². The number of fused-ring (bicyclic) bond motifs is 4. The molecule has 12 aromatic carbocycles. The van der Waals surface area contributed by atoms with Crippen LogP contribution in [0, 0.1) is 0 Å².